The molecule has 2 heterocycles. The summed E-state index contributed by atoms with van der Waals surface area (Å²) in [5.41, 5.74) is 0.920. The molecule has 1 saturated heterocycles. The van der Waals surface area contributed by atoms with Crippen LogP contribution in [0, 0.1) is 0 Å². The van der Waals surface area contributed by atoms with Crippen molar-refractivity contribution in [2.45, 2.75) is 13.0 Å². The van der Waals surface area contributed by atoms with Gasteiger partial charge in [0.2, 0.25) is 5.91 Å². The maximum absolute atomic E-state index is 12.4. The number of pyridine rings is 1. The molecule has 0 spiro atoms. The second kappa shape index (κ2) is 9.03. The van der Waals surface area contributed by atoms with Gasteiger partial charge in [-0.3, -0.25) is 9.59 Å². The summed E-state index contributed by atoms with van der Waals surface area (Å²) in [7, 11) is 2.11. The van der Waals surface area contributed by atoms with Crippen LogP contribution >= 0.6 is 11.6 Å². The van der Waals surface area contributed by atoms with Crippen molar-refractivity contribution in [3.63, 3.8) is 0 Å². The summed E-state index contributed by atoms with van der Waals surface area (Å²) in [6, 6.07) is 9.71. The van der Waals surface area contributed by atoms with Gasteiger partial charge < -0.3 is 20.4 Å². The molecule has 1 atom stereocenters. The van der Waals surface area contributed by atoms with Crippen molar-refractivity contribution < 1.29 is 9.59 Å². The van der Waals surface area contributed by atoms with Crippen molar-refractivity contribution in [1.29, 1.82) is 0 Å². The van der Waals surface area contributed by atoms with Crippen LogP contribution in [0.1, 0.15) is 17.3 Å². The summed E-state index contributed by atoms with van der Waals surface area (Å²) < 4.78 is 0. The Morgan fingerprint density at radius 1 is 1.11 bits per heavy atom. The summed E-state index contributed by atoms with van der Waals surface area (Å²) in [6.45, 7) is 5.49. The van der Waals surface area contributed by atoms with Gasteiger partial charge in [-0.15, -0.1) is 0 Å². The number of benzene rings is 1. The van der Waals surface area contributed by atoms with Gasteiger partial charge in [0.1, 0.15) is 11.9 Å². The maximum Gasteiger partial charge on any atom is 0.253 e. The van der Waals surface area contributed by atoms with E-state index in [0.29, 0.717) is 16.3 Å². The van der Waals surface area contributed by atoms with E-state index < -0.39 is 11.9 Å². The number of halogens is 1. The number of likely N-dealkylation sites (N-methyl/N-ethyl adjacent to an activating group) is 1. The minimum atomic E-state index is -0.721. The van der Waals surface area contributed by atoms with Crippen LogP contribution < -0.4 is 15.5 Å². The lowest BCUT2D eigenvalue weighted by Gasteiger charge is -2.33. The molecule has 2 N–H and O–H groups in total. The molecule has 148 valence electrons. The van der Waals surface area contributed by atoms with Gasteiger partial charge in [0, 0.05) is 26.2 Å². The Balaban J connectivity index is 1.55. The van der Waals surface area contributed by atoms with Crippen LogP contribution in [0.5, 0.6) is 0 Å². The topological polar surface area (TPSA) is 77.6 Å². The van der Waals surface area contributed by atoms with Gasteiger partial charge in [0.05, 0.1) is 22.5 Å². The number of nitrogens with one attached hydrogen (secondary N) is 2. The van der Waals surface area contributed by atoms with Gasteiger partial charge in [-0.2, -0.15) is 0 Å². The zero-order chi connectivity index (χ0) is 20.1. The van der Waals surface area contributed by atoms with Gasteiger partial charge in [0.15, 0.2) is 0 Å². The van der Waals surface area contributed by atoms with Crippen molar-refractivity contribution in [2.24, 2.45) is 0 Å². The normalized spacial score (nSPS) is 15.8. The third-order valence-corrected chi connectivity index (χ3v) is 5.03. The molecule has 8 heteroatoms. The van der Waals surface area contributed by atoms with Gasteiger partial charge in [-0.1, -0.05) is 23.7 Å². The number of carbonyl (C=O) groups is 2. The lowest BCUT2D eigenvalue weighted by atomic mass is 10.2. The van der Waals surface area contributed by atoms with Crippen molar-refractivity contribution >= 4 is 34.9 Å². The van der Waals surface area contributed by atoms with Crippen molar-refractivity contribution in [1.82, 2.24) is 15.2 Å². The van der Waals surface area contributed by atoms with Crippen LogP contribution in [0.4, 0.5) is 11.5 Å². The van der Waals surface area contributed by atoms with Gasteiger partial charge in [0.25, 0.3) is 5.91 Å². The predicted molar refractivity (Wildman–Crippen MR) is 111 cm³/mol. The van der Waals surface area contributed by atoms with Gasteiger partial charge in [-0.05, 0) is 38.2 Å². The summed E-state index contributed by atoms with van der Waals surface area (Å²) >= 11 is 6.02. The molecule has 0 bridgehead atoms. The molecule has 0 saturated carbocycles. The largest absolute Gasteiger partial charge is 0.354 e. The Morgan fingerprint density at radius 2 is 1.82 bits per heavy atom. The van der Waals surface area contributed by atoms with E-state index in [4.69, 9.17) is 11.6 Å². The van der Waals surface area contributed by atoms with Crippen LogP contribution in [0.2, 0.25) is 5.02 Å². The number of hydrogen-bond donors (Lipinski definition) is 2. The number of hydrogen-bond acceptors (Lipinski definition) is 5. The third kappa shape index (κ3) is 4.99. The first-order chi connectivity index (χ1) is 13.4. The van der Waals surface area contributed by atoms with Gasteiger partial charge in [-0.25, -0.2) is 4.98 Å². The summed E-state index contributed by atoms with van der Waals surface area (Å²) in [6.07, 6.45) is 1.63. The molecule has 0 aliphatic carbocycles. The highest BCUT2D eigenvalue weighted by atomic mass is 35.5. The smallest absolute Gasteiger partial charge is 0.253 e. The van der Waals surface area contributed by atoms with E-state index in [0.717, 1.165) is 32.0 Å². The van der Waals surface area contributed by atoms with E-state index in [-0.39, 0.29) is 5.91 Å². The van der Waals surface area contributed by atoms with E-state index >= 15 is 0 Å². The van der Waals surface area contributed by atoms with E-state index in [1.165, 1.54) is 0 Å². The van der Waals surface area contributed by atoms with Crippen LogP contribution in [-0.2, 0) is 4.79 Å². The molecule has 1 fully saturated rings. The average molecular weight is 402 g/mol. The third-order valence-electron chi connectivity index (χ3n) is 4.70. The molecule has 1 aliphatic rings. The van der Waals surface area contributed by atoms with Gasteiger partial charge >= 0.3 is 0 Å². The lowest BCUT2D eigenvalue weighted by Crippen LogP contribution is -2.44. The van der Waals surface area contributed by atoms with Crippen LogP contribution in [0.15, 0.2) is 42.6 Å². The Hall–Kier alpha value is -2.64. The SMILES string of the molecule is C[C@@H](NC(=O)c1ccccc1Cl)C(=O)Nc1ccc(N2CCN(C)CC2)nc1. The minimum Gasteiger partial charge on any atom is -0.354 e. The Morgan fingerprint density at radius 3 is 2.46 bits per heavy atom. The molecular formula is C20H24ClN5O2. The molecule has 3 rings (SSSR count). The van der Waals surface area contributed by atoms with E-state index in [1.807, 2.05) is 12.1 Å². The Labute approximate surface area is 169 Å². The second-order valence-electron chi connectivity index (χ2n) is 6.86. The fourth-order valence-corrected chi connectivity index (χ4v) is 3.14. The number of aromatic nitrogens is 1. The molecule has 0 unspecified atom stereocenters. The summed E-state index contributed by atoms with van der Waals surface area (Å²) in [5, 5.41) is 5.77. The van der Waals surface area contributed by atoms with E-state index in [9.17, 15) is 9.59 Å². The Kier molecular flexibility index (Phi) is 6.49. The fourth-order valence-electron chi connectivity index (χ4n) is 2.92. The molecule has 7 nitrogen and oxygen atoms in total. The highest BCUT2D eigenvalue weighted by Gasteiger charge is 2.19. The minimum absolute atomic E-state index is 0.324. The predicted octanol–water partition coefficient (Wildman–Crippen LogP) is 2.24. The van der Waals surface area contributed by atoms with E-state index in [1.54, 1.807) is 37.4 Å². The number of nitrogens with zero attached hydrogens (tertiary/aromatic N) is 3. The first kappa shape index (κ1) is 20.1. The van der Waals surface area contributed by atoms with E-state index in [2.05, 4.69) is 32.5 Å². The first-order valence-corrected chi connectivity index (χ1v) is 9.57. The molecular weight excluding hydrogens is 378 g/mol. The number of carbonyl (C=O) groups excluding carboxylic acids is 2. The fraction of sp³-hybridized carbons (Fsp3) is 0.350. The summed E-state index contributed by atoms with van der Waals surface area (Å²) in [4.78, 5) is 33.6. The van der Waals surface area contributed by atoms with Crippen molar-refractivity contribution in [3.8, 4) is 0 Å². The molecule has 0 radical (unpaired) electrons. The number of rotatable bonds is 5. The number of anilines is 2. The maximum atomic E-state index is 12.4. The second-order valence-corrected chi connectivity index (χ2v) is 7.27. The van der Waals surface area contributed by atoms with Crippen LogP contribution in [0.3, 0.4) is 0 Å². The molecule has 2 amide bonds. The zero-order valence-electron chi connectivity index (χ0n) is 16.0. The highest BCUT2D eigenvalue weighted by molar-refractivity contribution is 6.33. The van der Waals surface area contributed by atoms with Crippen molar-refractivity contribution in [2.75, 3.05) is 43.4 Å². The Bertz CT molecular complexity index is 835. The quantitative estimate of drug-likeness (QED) is 0.803. The zero-order valence-corrected chi connectivity index (χ0v) is 16.7. The average Bonchev–Trinajstić information content (AvgIpc) is 2.69. The molecule has 1 aliphatic heterocycles. The number of amides is 2. The standard InChI is InChI=1S/C20H24ClN5O2/c1-14(23-20(28)16-5-3-4-6-17(16)21)19(27)24-15-7-8-18(22-13-15)26-11-9-25(2)10-12-26/h3-8,13-14H,9-12H2,1-2H3,(H,23,28)(H,24,27)/t14-/m1/s1. The van der Waals surface area contributed by atoms with Crippen LogP contribution in [-0.4, -0.2) is 61.0 Å². The molecule has 1 aromatic carbocycles. The number of piperazine rings is 1. The molecule has 28 heavy (non-hydrogen) atoms. The molecule has 1 aromatic heterocycles. The monoisotopic (exact) mass is 401 g/mol. The van der Waals surface area contributed by atoms with Crippen LogP contribution in [0.25, 0.3) is 0 Å². The molecule has 2 aromatic rings. The highest BCUT2D eigenvalue weighted by Crippen LogP contribution is 2.17. The summed E-state index contributed by atoms with van der Waals surface area (Å²) in [5.74, 6) is 0.178. The lowest BCUT2D eigenvalue weighted by molar-refractivity contribution is -0.117. The van der Waals surface area contributed by atoms with Crippen molar-refractivity contribution in [3.05, 3.63) is 53.2 Å². The first-order valence-electron chi connectivity index (χ1n) is 9.20.